The van der Waals surface area contributed by atoms with Crippen LogP contribution in [0, 0.1) is 15.9 Å². The summed E-state index contributed by atoms with van der Waals surface area (Å²) < 4.78 is 19.9. The number of halogens is 1. The molecule has 3 rings (SSSR count). The Morgan fingerprint density at radius 2 is 2.17 bits per heavy atom. The smallest absolute Gasteiger partial charge is 0.278 e. The molecule has 2 heterocycles. The third-order valence-corrected chi connectivity index (χ3v) is 4.00. The van der Waals surface area contributed by atoms with Gasteiger partial charge in [-0.15, -0.1) is 0 Å². The van der Waals surface area contributed by atoms with Crippen molar-refractivity contribution in [3.8, 4) is 5.75 Å². The summed E-state index contributed by atoms with van der Waals surface area (Å²) in [6, 6.07) is 3.08. The Morgan fingerprint density at radius 1 is 1.41 bits per heavy atom. The standard InChI is InChI=1S/C17H16FN7O4/c1-29-14-6-10(2-3-12(14)18)13(9-25(27)28)24-8-11(7-22-24)23-17(26)15-16(19)21-5-4-20-15/h2-8,13H,9H2,1H3,(H2,19,21)(H,23,26). The van der Waals surface area contributed by atoms with E-state index in [9.17, 15) is 19.3 Å². The van der Waals surface area contributed by atoms with Crippen LogP contribution >= 0.6 is 0 Å². The molecule has 0 aliphatic heterocycles. The number of nitrogen functional groups attached to an aromatic ring is 1. The molecule has 0 saturated carbocycles. The van der Waals surface area contributed by atoms with Crippen molar-refractivity contribution in [1.29, 1.82) is 0 Å². The zero-order chi connectivity index (χ0) is 21.0. The molecule has 0 aliphatic rings. The average Bonchev–Trinajstić information content (AvgIpc) is 3.15. The van der Waals surface area contributed by atoms with E-state index >= 15 is 0 Å². The van der Waals surface area contributed by atoms with Gasteiger partial charge >= 0.3 is 0 Å². The topological polar surface area (TPSA) is 151 Å². The summed E-state index contributed by atoms with van der Waals surface area (Å²) in [5.74, 6) is -1.29. The predicted octanol–water partition coefficient (Wildman–Crippen LogP) is 1.52. The van der Waals surface area contributed by atoms with Gasteiger partial charge in [0, 0.05) is 23.5 Å². The zero-order valence-corrected chi connectivity index (χ0v) is 15.2. The average molecular weight is 401 g/mol. The summed E-state index contributed by atoms with van der Waals surface area (Å²) in [7, 11) is 1.30. The zero-order valence-electron chi connectivity index (χ0n) is 15.2. The van der Waals surface area contributed by atoms with E-state index in [4.69, 9.17) is 10.5 Å². The number of anilines is 2. The first-order valence-corrected chi connectivity index (χ1v) is 8.26. The van der Waals surface area contributed by atoms with Gasteiger partial charge in [0.15, 0.2) is 23.1 Å². The van der Waals surface area contributed by atoms with Gasteiger partial charge < -0.3 is 15.8 Å². The second-order valence-corrected chi connectivity index (χ2v) is 5.88. The van der Waals surface area contributed by atoms with Crippen LogP contribution in [0.15, 0.2) is 43.0 Å². The highest BCUT2D eigenvalue weighted by Gasteiger charge is 2.23. The molecule has 150 valence electrons. The molecule has 3 N–H and O–H groups in total. The van der Waals surface area contributed by atoms with Crippen LogP contribution in [0.4, 0.5) is 15.9 Å². The molecule has 0 radical (unpaired) electrons. The molecule has 0 spiro atoms. The molecular formula is C17H16FN7O4. The molecule has 0 bridgehead atoms. The number of nitro groups is 1. The molecule has 1 atom stereocenters. The Kier molecular flexibility index (Phi) is 5.62. The molecule has 0 fully saturated rings. The molecule has 1 amide bonds. The van der Waals surface area contributed by atoms with Crippen LogP contribution in [-0.4, -0.2) is 44.2 Å². The number of nitrogens with one attached hydrogen (secondary N) is 1. The lowest BCUT2D eigenvalue weighted by Gasteiger charge is -2.15. The van der Waals surface area contributed by atoms with Crippen molar-refractivity contribution in [1.82, 2.24) is 19.7 Å². The molecule has 29 heavy (non-hydrogen) atoms. The van der Waals surface area contributed by atoms with Crippen molar-refractivity contribution < 1.29 is 18.8 Å². The number of methoxy groups -OCH3 is 1. The predicted molar refractivity (Wildman–Crippen MR) is 99.6 cm³/mol. The van der Waals surface area contributed by atoms with Gasteiger partial charge in [-0.25, -0.2) is 14.4 Å². The molecule has 11 nitrogen and oxygen atoms in total. The number of nitrogens with two attached hydrogens (primary N) is 1. The number of hydrogen-bond acceptors (Lipinski definition) is 8. The van der Waals surface area contributed by atoms with Crippen molar-refractivity contribution in [2.45, 2.75) is 6.04 Å². The number of ether oxygens (including phenoxy) is 1. The van der Waals surface area contributed by atoms with Crippen LogP contribution in [0.3, 0.4) is 0 Å². The number of aromatic nitrogens is 4. The Balaban J connectivity index is 1.87. The molecule has 0 saturated heterocycles. The normalized spacial score (nSPS) is 11.7. The molecule has 12 heteroatoms. The Bertz CT molecular complexity index is 1060. The minimum absolute atomic E-state index is 0.0398. The van der Waals surface area contributed by atoms with E-state index in [1.165, 1.54) is 48.7 Å². The number of nitrogens with zero attached hydrogens (tertiary/aromatic N) is 5. The van der Waals surface area contributed by atoms with Gasteiger partial charge in [-0.05, 0) is 17.7 Å². The summed E-state index contributed by atoms with van der Waals surface area (Å²) in [5, 5.41) is 17.8. The molecule has 1 aromatic carbocycles. The maximum absolute atomic E-state index is 13.7. The lowest BCUT2D eigenvalue weighted by atomic mass is 10.1. The monoisotopic (exact) mass is 401 g/mol. The Morgan fingerprint density at radius 3 is 2.86 bits per heavy atom. The van der Waals surface area contributed by atoms with E-state index in [-0.39, 0.29) is 22.9 Å². The highest BCUT2D eigenvalue weighted by molar-refractivity contribution is 6.05. The third-order valence-electron chi connectivity index (χ3n) is 4.00. The molecule has 3 aromatic rings. The van der Waals surface area contributed by atoms with Crippen molar-refractivity contribution in [2.75, 3.05) is 24.7 Å². The van der Waals surface area contributed by atoms with Gasteiger partial charge in [-0.1, -0.05) is 6.07 Å². The lowest BCUT2D eigenvalue weighted by molar-refractivity contribution is -0.484. The maximum Gasteiger partial charge on any atom is 0.278 e. The Hall–Kier alpha value is -4.09. The van der Waals surface area contributed by atoms with Crippen LogP contribution in [0.25, 0.3) is 0 Å². The second kappa shape index (κ2) is 8.29. The molecule has 1 unspecified atom stereocenters. The van der Waals surface area contributed by atoms with Gasteiger partial charge in [0.1, 0.15) is 6.04 Å². The first kappa shape index (κ1) is 19.7. The number of rotatable bonds is 7. The SMILES string of the molecule is COc1cc(C(C[N+](=O)[O-])n2cc(NC(=O)c3nccnc3N)cn2)ccc1F. The number of carbonyl (C=O) groups excluding carboxylic acids is 1. The lowest BCUT2D eigenvalue weighted by Crippen LogP contribution is -2.21. The third kappa shape index (κ3) is 4.43. The summed E-state index contributed by atoms with van der Waals surface area (Å²) >= 11 is 0. The number of hydrogen-bond donors (Lipinski definition) is 2. The van der Waals surface area contributed by atoms with E-state index < -0.39 is 29.2 Å². The highest BCUT2D eigenvalue weighted by Crippen LogP contribution is 2.26. The number of benzene rings is 1. The van der Waals surface area contributed by atoms with Crippen LogP contribution in [-0.2, 0) is 0 Å². The molecule has 0 aliphatic carbocycles. The van der Waals surface area contributed by atoms with E-state index in [1.807, 2.05) is 0 Å². The quantitative estimate of drug-likeness (QED) is 0.447. The summed E-state index contributed by atoms with van der Waals surface area (Å²) in [6.07, 6.45) is 5.40. The van der Waals surface area contributed by atoms with Gasteiger partial charge in [0.2, 0.25) is 6.54 Å². The van der Waals surface area contributed by atoms with Crippen molar-refractivity contribution in [3.05, 3.63) is 70.2 Å². The van der Waals surface area contributed by atoms with Crippen molar-refractivity contribution in [3.63, 3.8) is 0 Å². The minimum atomic E-state index is -0.855. The van der Waals surface area contributed by atoms with Gasteiger partial charge in [0.25, 0.3) is 5.91 Å². The molecular weight excluding hydrogens is 385 g/mol. The summed E-state index contributed by atoms with van der Waals surface area (Å²) in [4.78, 5) is 30.6. The fourth-order valence-corrected chi connectivity index (χ4v) is 2.65. The minimum Gasteiger partial charge on any atom is -0.494 e. The van der Waals surface area contributed by atoms with Gasteiger partial charge in [0.05, 0.1) is 19.0 Å². The van der Waals surface area contributed by atoms with Crippen LogP contribution in [0.5, 0.6) is 5.75 Å². The van der Waals surface area contributed by atoms with Crippen LogP contribution in [0.1, 0.15) is 22.1 Å². The fourth-order valence-electron chi connectivity index (χ4n) is 2.65. The Labute approximate surface area is 163 Å². The van der Waals surface area contributed by atoms with Crippen molar-refractivity contribution in [2.24, 2.45) is 0 Å². The van der Waals surface area contributed by atoms with E-state index in [0.29, 0.717) is 5.56 Å². The van der Waals surface area contributed by atoms with E-state index in [2.05, 4.69) is 20.4 Å². The van der Waals surface area contributed by atoms with Crippen LogP contribution in [0.2, 0.25) is 0 Å². The maximum atomic E-state index is 13.7. The van der Waals surface area contributed by atoms with Crippen molar-refractivity contribution >= 4 is 17.4 Å². The van der Waals surface area contributed by atoms with E-state index in [1.54, 1.807) is 0 Å². The summed E-state index contributed by atoms with van der Waals surface area (Å²) in [6.45, 7) is -0.513. The largest absolute Gasteiger partial charge is 0.494 e. The van der Waals surface area contributed by atoms with Crippen LogP contribution < -0.4 is 15.8 Å². The summed E-state index contributed by atoms with van der Waals surface area (Å²) in [5.41, 5.74) is 6.24. The first-order chi connectivity index (χ1) is 13.9. The second-order valence-electron chi connectivity index (χ2n) is 5.88. The number of amides is 1. The van der Waals surface area contributed by atoms with Gasteiger partial charge in [-0.3, -0.25) is 19.6 Å². The molecule has 2 aromatic heterocycles. The fraction of sp³-hybridized carbons (Fsp3) is 0.176. The first-order valence-electron chi connectivity index (χ1n) is 8.26. The van der Waals surface area contributed by atoms with E-state index in [0.717, 1.165) is 6.07 Å². The number of carbonyl (C=O) groups is 1. The highest BCUT2D eigenvalue weighted by atomic mass is 19.1. The van der Waals surface area contributed by atoms with Gasteiger partial charge in [-0.2, -0.15) is 5.10 Å².